The first-order valence-electron chi connectivity index (χ1n) is 10.7. The second kappa shape index (κ2) is 11.7. The van der Waals surface area contributed by atoms with Gasteiger partial charge in [0.25, 0.3) is 0 Å². The van der Waals surface area contributed by atoms with Crippen LogP contribution in [0.5, 0.6) is 5.75 Å². The van der Waals surface area contributed by atoms with Crippen LogP contribution in [-0.2, 0) is 10.8 Å². The molecule has 1 aromatic rings. The molecule has 27 heavy (non-hydrogen) atoms. The maximum atomic E-state index is 6.66. The van der Waals surface area contributed by atoms with Gasteiger partial charge in [0.05, 0.1) is 7.11 Å². The Labute approximate surface area is 169 Å². The summed E-state index contributed by atoms with van der Waals surface area (Å²) in [4.78, 5) is 0. The van der Waals surface area contributed by atoms with Gasteiger partial charge < -0.3 is 9.16 Å². The minimum absolute atomic E-state index is 0.669. The smallest absolute Gasteiger partial charge is 0.200 e. The van der Waals surface area contributed by atoms with E-state index in [0.29, 0.717) is 16.6 Å². The average Bonchev–Trinajstić information content (AvgIpc) is 2.62. The van der Waals surface area contributed by atoms with Gasteiger partial charge in [-0.2, -0.15) is 0 Å². The first-order valence-corrected chi connectivity index (χ1v) is 12.8. The van der Waals surface area contributed by atoms with E-state index in [4.69, 9.17) is 9.16 Å². The van der Waals surface area contributed by atoms with Gasteiger partial charge in [0, 0.05) is 6.61 Å². The highest BCUT2D eigenvalue weighted by molar-refractivity contribution is 6.77. The van der Waals surface area contributed by atoms with Crippen LogP contribution in [0.3, 0.4) is 0 Å². The van der Waals surface area contributed by atoms with Gasteiger partial charge in [0.15, 0.2) is 8.32 Å². The van der Waals surface area contributed by atoms with Gasteiger partial charge in [-0.15, -0.1) is 0 Å². The third-order valence-electron chi connectivity index (χ3n) is 5.84. The number of methoxy groups -OCH3 is 1. The van der Waals surface area contributed by atoms with E-state index in [1.54, 1.807) is 7.11 Å². The van der Waals surface area contributed by atoms with E-state index in [2.05, 4.69) is 72.7 Å². The molecule has 0 saturated heterocycles. The van der Waals surface area contributed by atoms with Crippen molar-refractivity contribution >= 4 is 8.32 Å². The molecule has 0 saturated carbocycles. The quantitative estimate of drug-likeness (QED) is 0.208. The minimum atomic E-state index is -1.70. The molecule has 3 heteroatoms. The second-order valence-corrected chi connectivity index (χ2v) is 14.2. The molecule has 0 N–H and O–H groups in total. The minimum Gasteiger partial charge on any atom is -0.497 e. The van der Waals surface area contributed by atoms with Crippen LogP contribution in [0, 0.1) is 0 Å². The molecule has 1 aromatic carbocycles. The maximum absolute atomic E-state index is 6.66. The van der Waals surface area contributed by atoms with Crippen LogP contribution < -0.4 is 4.74 Å². The van der Waals surface area contributed by atoms with Crippen molar-refractivity contribution in [2.24, 2.45) is 0 Å². The molecule has 0 amide bonds. The number of hydrogen-bond donors (Lipinski definition) is 0. The largest absolute Gasteiger partial charge is 0.497 e. The highest BCUT2D eigenvalue weighted by Crippen LogP contribution is 2.42. The lowest BCUT2D eigenvalue weighted by atomic mass is 10.1. The molecule has 2 nitrogen and oxygen atoms in total. The summed E-state index contributed by atoms with van der Waals surface area (Å²) in [6, 6.07) is 8.33. The summed E-state index contributed by atoms with van der Waals surface area (Å²) in [5.41, 5.74) is 4.78. The zero-order chi connectivity index (χ0) is 20.4. The molecule has 0 fully saturated rings. The Morgan fingerprint density at radius 1 is 1.00 bits per heavy atom. The molecule has 1 rings (SSSR count). The second-order valence-electron chi connectivity index (χ2n) is 8.73. The molecule has 0 heterocycles. The normalized spacial score (nSPS) is 13.1. The third-order valence-corrected chi connectivity index (χ3v) is 12.0. The molecule has 0 radical (unpaired) electrons. The Balaban J connectivity index is 2.43. The van der Waals surface area contributed by atoms with Gasteiger partial charge in [-0.05, 0) is 66.9 Å². The van der Waals surface area contributed by atoms with Gasteiger partial charge >= 0.3 is 0 Å². The molecule has 0 atom stereocenters. The van der Waals surface area contributed by atoms with Crippen molar-refractivity contribution in [3.63, 3.8) is 0 Å². The summed E-state index contributed by atoms with van der Waals surface area (Å²) in [7, 11) is 0.0203. The number of hydrogen-bond acceptors (Lipinski definition) is 2. The standard InChI is InChI=1S/C24H42O2Si/c1-19(2)27(20(3)4,21(5)6)26-17-10-9-12-22(7)15-16-23-13-11-14-24(18-23)25-8/h11,13-15,18-21H,9-10,12,16-17H2,1-8H3/b22-15+. The Morgan fingerprint density at radius 3 is 2.19 bits per heavy atom. The van der Waals surface area contributed by atoms with Crippen molar-refractivity contribution in [2.45, 2.75) is 90.8 Å². The lowest BCUT2D eigenvalue weighted by Gasteiger charge is -2.42. The van der Waals surface area contributed by atoms with E-state index in [-0.39, 0.29) is 0 Å². The summed E-state index contributed by atoms with van der Waals surface area (Å²) < 4.78 is 12.0. The highest BCUT2D eigenvalue weighted by atomic mass is 28.4. The Morgan fingerprint density at radius 2 is 1.63 bits per heavy atom. The van der Waals surface area contributed by atoms with Crippen LogP contribution in [0.4, 0.5) is 0 Å². The van der Waals surface area contributed by atoms with Gasteiger partial charge in [0.1, 0.15) is 5.75 Å². The van der Waals surface area contributed by atoms with E-state index >= 15 is 0 Å². The first-order chi connectivity index (χ1) is 12.7. The summed E-state index contributed by atoms with van der Waals surface area (Å²) >= 11 is 0. The van der Waals surface area contributed by atoms with Crippen LogP contribution in [-0.4, -0.2) is 22.0 Å². The SMILES string of the molecule is COc1cccc(C/C=C(\C)CCCCO[Si](C(C)C)(C(C)C)C(C)C)c1. The van der Waals surface area contributed by atoms with Crippen molar-refractivity contribution in [1.82, 2.24) is 0 Å². The third kappa shape index (κ3) is 7.12. The predicted octanol–water partition coefficient (Wildman–Crippen LogP) is 7.55. The maximum Gasteiger partial charge on any atom is 0.200 e. The fourth-order valence-electron chi connectivity index (χ4n) is 4.45. The van der Waals surface area contributed by atoms with Crippen LogP contribution in [0.15, 0.2) is 35.9 Å². The van der Waals surface area contributed by atoms with Crippen molar-refractivity contribution in [3.8, 4) is 5.75 Å². The van der Waals surface area contributed by atoms with E-state index in [1.165, 1.54) is 17.6 Å². The molecule has 0 aliphatic heterocycles. The average molecular weight is 391 g/mol. The van der Waals surface area contributed by atoms with Crippen molar-refractivity contribution in [1.29, 1.82) is 0 Å². The first kappa shape index (κ1) is 24.0. The summed E-state index contributed by atoms with van der Waals surface area (Å²) in [5, 5.41) is 0. The molecule has 0 aliphatic carbocycles. The molecule has 0 unspecified atom stereocenters. The van der Waals surface area contributed by atoms with Gasteiger partial charge in [0.2, 0.25) is 0 Å². The van der Waals surface area contributed by atoms with Crippen molar-refractivity contribution < 1.29 is 9.16 Å². The molecule has 0 spiro atoms. The molecule has 0 bridgehead atoms. The van der Waals surface area contributed by atoms with E-state index < -0.39 is 8.32 Å². The monoisotopic (exact) mass is 390 g/mol. The predicted molar refractivity (Wildman–Crippen MR) is 121 cm³/mol. The van der Waals surface area contributed by atoms with Crippen LogP contribution in [0.2, 0.25) is 16.6 Å². The van der Waals surface area contributed by atoms with Crippen LogP contribution >= 0.6 is 0 Å². The van der Waals surface area contributed by atoms with E-state index in [1.807, 2.05) is 6.07 Å². The molecule has 0 aliphatic rings. The number of ether oxygens (including phenoxy) is 1. The number of unbranched alkanes of at least 4 members (excludes halogenated alkanes) is 1. The van der Waals surface area contributed by atoms with Gasteiger partial charge in [-0.25, -0.2) is 0 Å². The van der Waals surface area contributed by atoms with E-state index in [0.717, 1.165) is 31.6 Å². The van der Waals surface area contributed by atoms with Crippen molar-refractivity contribution in [3.05, 3.63) is 41.5 Å². The lowest BCUT2D eigenvalue weighted by molar-refractivity contribution is 0.269. The fourth-order valence-corrected chi connectivity index (χ4v) is 9.95. The highest BCUT2D eigenvalue weighted by Gasteiger charge is 2.44. The lowest BCUT2D eigenvalue weighted by Crippen LogP contribution is -2.47. The summed E-state index contributed by atoms with van der Waals surface area (Å²) in [6.45, 7) is 17.3. The van der Waals surface area contributed by atoms with Crippen molar-refractivity contribution in [2.75, 3.05) is 13.7 Å². The summed E-state index contributed by atoms with van der Waals surface area (Å²) in [5.74, 6) is 0.934. The number of rotatable bonds is 12. The Hall–Kier alpha value is -1.06. The van der Waals surface area contributed by atoms with E-state index in [9.17, 15) is 0 Å². The summed E-state index contributed by atoms with van der Waals surface area (Å²) in [6.07, 6.45) is 6.85. The molecule has 0 aromatic heterocycles. The topological polar surface area (TPSA) is 18.5 Å². The molecule has 154 valence electrons. The number of benzene rings is 1. The Kier molecular flexibility index (Phi) is 10.4. The van der Waals surface area contributed by atoms with Gasteiger partial charge in [-0.3, -0.25) is 0 Å². The molecular formula is C24H42O2Si. The molecular weight excluding hydrogens is 348 g/mol. The Bertz CT molecular complexity index is 554. The van der Waals surface area contributed by atoms with Crippen LogP contribution in [0.1, 0.15) is 73.3 Å². The van der Waals surface area contributed by atoms with Crippen LogP contribution in [0.25, 0.3) is 0 Å². The number of allylic oxidation sites excluding steroid dienone is 2. The van der Waals surface area contributed by atoms with Gasteiger partial charge in [-0.1, -0.05) is 65.3 Å². The zero-order valence-corrected chi connectivity index (χ0v) is 20.0. The fraction of sp³-hybridized carbons (Fsp3) is 0.667. The zero-order valence-electron chi connectivity index (χ0n) is 19.0.